The summed E-state index contributed by atoms with van der Waals surface area (Å²) in [5, 5.41) is 3.41. The molecule has 1 aromatic heterocycles. The summed E-state index contributed by atoms with van der Waals surface area (Å²) in [6.07, 6.45) is 4.82. The first-order chi connectivity index (χ1) is 6.77. The highest BCUT2D eigenvalue weighted by atomic mass is 14.9. The summed E-state index contributed by atoms with van der Waals surface area (Å²) in [5.74, 6) is 0. The van der Waals surface area contributed by atoms with E-state index in [2.05, 4.69) is 29.9 Å². The molecule has 1 aromatic rings. The first-order valence-electron chi connectivity index (χ1n) is 5.04. The molecule has 1 atom stereocenters. The Labute approximate surface area is 86.1 Å². The van der Waals surface area contributed by atoms with Gasteiger partial charge in [-0.3, -0.25) is 4.98 Å². The minimum Gasteiger partial charge on any atom is -0.310 e. The van der Waals surface area contributed by atoms with Crippen LogP contribution in [0.5, 0.6) is 0 Å². The van der Waals surface area contributed by atoms with Crippen LogP contribution < -0.4 is 5.32 Å². The molecule has 14 heavy (non-hydrogen) atoms. The molecule has 0 radical (unpaired) electrons. The number of rotatable bonds is 5. The Bertz CT molecular complexity index is 277. The maximum atomic E-state index is 4.29. The molecule has 0 spiro atoms. The maximum absolute atomic E-state index is 4.29. The zero-order chi connectivity index (χ0) is 10.4. The summed E-state index contributed by atoms with van der Waals surface area (Å²) in [6, 6.07) is 4.52. The molecule has 1 N–H and O–H groups in total. The number of aryl methyl sites for hydroxylation is 1. The fourth-order valence-corrected chi connectivity index (χ4v) is 1.44. The van der Waals surface area contributed by atoms with Gasteiger partial charge >= 0.3 is 0 Å². The third kappa shape index (κ3) is 2.96. The predicted octanol–water partition coefficient (Wildman–Crippen LogP) is 2.62. The molecule has 0 amide bonds. The van der Waals surface area contributed by atoms with Crippen LogP contribution in [0.3, 0.4) is 0 Å². The SMILES string of the molecule is C=CCC(NCC)c1ccc(C)nc1. The topological polar surface area (TPSA) is 24.9 Å². The van der Waals surface area contributed by atoms with E-state index >= 15 is 0 Å². The Hall–Kier alpha value is -1.15. The maximum Gasteiger partial charge on any atom is 0.0372 e. The minimum atomic E-state index is 0.352. The molecule has 0 saturated carbocycles. The van der Waals surface area contributed by atoms with Gasteiger partial charge in [-0.25, -0.2) is 0 Å². The Morgan fingerprint density at radius 1 is 1.57 bits per heavy atom. The molecular formula is C12H18N2. The fourth-order valence-electron chi connectivity index (χ4n) is 1.44. The third-order valence-electron chi connectivity index (χ3n) is 2.19. The van der Waals surface area contributed by atoms with Crippen LogP contribution in [0, 0.1) is 6.92 Å². The largest absolute Gasteiger partial charge is 0.310 e. The van der Waals surface area contributed by atoms with Gasteiger partial charge in [-0.15, -0.1) is 6.58 Å². The van der Waals surface area contributed by atoms with Crippen molar-refractivity contribution in [3.8, 4) is 0 Å². The fraction of sp³-hybridized carbons (Fsp3) is 0.417. The molecule has 0 aliphatic rings. The summed E-state index contributed by atoms with van der Waals surface area (Å²) >= 11 is 0. The van der Waals surface area contributed by atoms with Crippen LogP contribution in [0.4, 0.5) is 0 Å². The summed E-state index contributed by atoms with van der Waals surface area (Å²) in [6.45, 7) is 8.84. The highest BCUT2D eigenvalue weighted by molar-refractivity contribution is 5.17. The van der Waals surface area contributed by atoms with Crippen molar-refractivity contribution in [3.63, 3.8) is 0 Å². The van der Waals surface area contributed by atoms with Gasteiger partial charge in [0.15, 0.2) is 0 Å². The number of aromatic nitrogens is 1. The number of hydrogen-bond acceptors (Lipinski definition) is 2. The molecule has 0 aliphatic heterocycles. The lowest BCUT2D eigenvalue weighted by molar-refractivity contribution is 0.557. The molecule has 1 heterocycles. The monoisotopic (exact) mass is 190 g/mol. The van der Waals surface area contributed by atoms with Crippen molar-refractivity contribution in [1.82, 2.24) is 10.3 Å². The highest BCUT2D eigenvalue weighted by Crippen LogP contribution is 2.15. The zero-order valence-corrected chi connectivity index (χ0v) is 8.96. The van der Waals surface area contributed by atoms with E-state index in [1.54, 1.807) is 0 Å². The molecule has 0 bridgehead atoms. The third-order valence-corrected chi connectivity index (χ3v) is 2.19. The van der Waals surface area contributed by atoms with Crippen molar-refractivity contribution < 1.29 is 0 Å². The lowest BCUT2D eigenvalue weighted by Gasteiger charge is -2.15. The first kappa shape index (κ1) is 10.9. The van der Waals surface area contributed by atoms with Crippen LogP contribution in [0.25, 0.3) is 0 Å². The second-order valence-electron chi connectivity index (χ2n) is 3.37. The van der Waals surface area contributed by atoms with Crippen LogP contribution in [-0.2, 0) is 0 Å². The van der Waals surface area contributed by atoms with E-state index in [0.29, 0.717) is 6.04 Å². The van der Waals surface area contributed by atoms with Gasteiger partial charge in [0, 0.05) is 17.9 Å². The standard InChI is InChI=1S/C12H18N2/c1-4-6-12(13-5-2)11-8-7-10(3)14-9-11/h4,7-9,12-13H,1,5-6H2,2-3H3. The first-order valence-corrected chi connectivity index (χ1v) is 5.04. The summed E-state index contributed by atoms with van der Waals surface area (Å²) in [4.78, 5) is 4.29. The average molecular weight is 190 g/mol. The van der Waals surface area contributed by atoms with Crippen molar-refractivity contribution in [2.45, 2.75) is 26.3 Å². The molecule has 0 aromatic carbocycles. The van der Waals surface area contributed by atoms with E-state index in [4.69, 9.17) is 0 Å². The van der Waals surface area contributed by atoms with Gasteiger partial charge in [0.1, 0.15) is 0 Å². The van der Waals surface area contributed by atoms with E-state index < -0.39 is 0 Å². The van der Waals surface area contributed by atoms with Gasteiger partial charge in [0.2, 0.25) is 0 Å². The van der Waals surface area contributed by atoms with Crippen molar-refractivity contribution in [2.75, 3.05) is 6.54 Å². The molecule has 0 fully saturated rings. The van der Waals surface area contributed by atoms with Crippen LogP contribution in [0.15, 0.2) is 31.0 Å². The Kier molecular flexibility index (Phi) is 4.33. The van der Waals surface area contributed by atoms with Crippen LogP contribution in [0.1, 0.15) is 30.6 Å². The summed E-state index contributed by atoms with van der Waals surface area (Å²) in [7, 11) is 0. The van der Waals surface area contributed by atoms with E-state index in [1.165, 1.54) is 5.56 Å². The second kappa shape index (κ2) is 5.55. The van der Waals surface area contributed by atoms with Crippen molar-refractivity contribution in [1.29, 1.82) is 0 Å². The molecule has 76 valence electrons. The molecule has 1 rings (SSSR count). The highest BCUT2D eigenvalue weighted by Gasteiger charge is 2.07. The van der Waals surface area contributed by atoms with Crippen LogP contribution in [-0.4, -0.2) is 11.5 Å². The molecule has 0 saturated heterocycles. The lowest BCUT2D eigenvalue weighted by Crippen LogP contribution is -2.20. The zero-order valence-electron chi connectivity index (χ0n) is 8.96. The van der Waals surface area contributed by atoms with E-state index in [1.807, 2.05) is 25.3 Å². The quantitative estimate of drug-likeness (QED) is 0.722. The number of nitrogens with one attached hydrogen (secondary N) is 1. The Morgan fingerprint density at radius 3 is 2.86 bits per heavy atom. The molecule has 2 nitrogen and oxygen atoms in total. The van der Waals surface area contributed by atoms with Gasteiger partial charge < -0.3 is 5.32 Å². The summed E-state index contributed by atoms with van der Waals surface area (Å²) < 4.78 is 0. The second-order valence-corrected chi connectivity index (χ2v) is 3.37. The van der Waals surface area contributed by atoms with E-state index in [0.717, 1.165) is 18.7 Å². The van der Waals surface area contributed by atoms with Gasteiger partial charge in [-0.2, -0.15) is 0 Å². The normalized spacial score (nSPS) is 12.4. The van der Waals surface area contributed by atoms with Gasteiger partial charge in [0.25, 0.3) is 0 Å². The van der Waals surface area contributed by atoms with Gasteiger partial charge in [-0.05, 0) is 31.5 Å². The van der Waals surface area contributed by atoms with E-state index in [-0.39, 0.29) is 0 Å². The van der Waals surface area contributed by atoms with Gasteiger partial charge in [-0.1, -0.05) is 19.1 Å². The number of pyridine rings is 1. The molecule has 0 aliphatic carbocycles. The smallest absolute Gasteiger partial charge is 0.0372 e. The Balaban J connectivity index is 2.76. The molecule has 2 heteroatoms. The van der Waals surface area contributed by atoms with Crippen molar-refractivity contribution in [3.05, 3.63) is 42.2 Å². The molecule has 1 unspecified atom stereocenters. The predicted molar refractivity (Wildman–Crippen MR) is 60.2 cm³/mol. The van der Waals surface area contributed by atoms with E-state index in [9.17, 15) is 0 Å². The summed E-state index contributed by atoms with van der Waals surface area (Å²) in [5.41, 5.74) is 2.29. The number of hydrogen-bond donors (Lipinski definition) is 1. The molecular weight excluding hydrogens is 172 g/mol. The van der Waals surface area contributed by atoms with Crippen LogP contribution in [0.2, 0.25) is 0 Å². The lowest BCUT2D eigenvalue weighted by atomic mass is 10.1. The Morgan fingerprint density at radius 2 is 2.36 bits per heavy atom. The minimum absolute atomic E-state index is 0.352. The van der Waals surface area contributed by atoms with Gasteiger partial charge in [0.05, 0.1) is 0 Å². The number of nitrogens with zero attached hydrogens (tertiary/aromatic N) is 1. The van der Waals surface area contributed by atoms with Crippen molar-refractivity contribution in [2.24, 2.45) is 0 Å². The van der Waals surface area contributed by atoms with Crippen LogP contribution >= 0.6 is 0 Å². The van der Waals surface area contributed by atoms with Crippen molar-refractivity contribution >= 4 is 0 Å². The average Bonchev–Trinajstić information content (AvgIpc) is 2.19.